The summed E-state index contributed by atoms with van der Waals surface area (Å²) in [6.45, 7) is 2.98. The fourth-order valence-electron chi connectivity index (χ4n) is 1.91. The summed E-state index contributed by atoms with van der Waals surface area (Å²) in [4.78, 5) is 1.32. The van der Waals surface area contributed by atoms with E-state index >= 15 is 0 Å². The lowest BCUT2D eigenvalue weighted by molar-refractivity contribution is 0.551. The highest BCUT2D eigenvalue weighted by atomic mass is 79.9. The van der Waals surface area contributed by atoms with Crippen LogP contribution in [0.5, 0.6) is 0 Å². The molecule has 1 unspecified atom stereocenters. The van der Waals surface area contributed by atoms with Gasteiger partial charge in [0.15, 0.2) is 0 Å². The number of thiophene rings is 1. The Morgan fingerprint density at radius 3 is 2.50 bits per heavy atom. The van der Waals surface area contributed by atoms with Gasteiger partial charge in [-0.05, 0) is 52.3 Å². The van der Waals surface area contributed by atoms with Crippen LogP contribution in [-0.2, 0) is 6.42 Å². The maximum absolute atomic E-state index is 12.9. The summed E-state index contributed by atoms with van der Waals surface area (Å²) >= 11 is 5.22. The first-order chi connectivity index (χ1) is 8.69. The minimum absolute atomic E-state index is 0.187. The van der Waals surface area contributed by atoms with Crippen LogP contribution in [0.3, 0.4) is 0 Å². The SMILES string of the molecule is CCNC(Cc1ccc(Br)s1)c1ccc(F)cc1. The van der Waals surface area contributed by atoms with Gasteiger partial charge in [-0.25, -0.2) is 4.39 Å². The topological polar surface area (TPSA) is 12.0 Å². The molecule has 0 aliphatic carbocycles. The second-order valence-electron chi connectivity index (χ2n) is 4.07. The zero-order chi connectivity index (χ0) is 13.0. The summed E-state index contributed by atoms with van der Waals surface area (Å²) < 4.78 is 14.1. The number of rotatable bonds is 5. The maximum atomic E-state index is 12.9. The van der Waals surface area contributed by atoms with Crippen LogP contribution in [-0.4, -0.2) is 6.54 Å². The molecule has 1 atom stereocenters. The number of halogens is 2. The molecule has 0 radical (unpaired) electrons. The average molecular weight is 328 g/mol. The molecule has 0 aliphatic heterocycles. The monoisotopic (exact) mass is 327 g/mol. The molecular formula is C14H15BrFNS. The van der Waals surface area contributed by atoms with Crippen molar-refractivity contribution in [3.8, 4) is 0 Å². The summed E-state index contributed by atoms with van der Waals surface area (Å²) in [5.74, 6) is -0.187. The molecule has 1 aromatic heterocycles. The van der Waals surface area contributed by atoms with Gasteiger partial charge in [0.05, 0.1) is 3.79 Å². The molecule has 0 bridgehead atoms. The van der Waals surface area contributed by atoms with Crippen LogP contribution in [0.2, 0.25) is 0 Å². The van der Waals surface area contributed by atoms with Crippen molar-refractivity contribution in [2.45, 2.75) is 19.4 Å². The lowest BCUT2D eigenvalue weighted by Crippen LogP contribution is -2.22. The molecule has 1 aromatic carbocycles. The molecule has 0 saturated carbocycles. The second-order valence-corrected chi connectivity index (χ2v) is 6.62. The van der Waals surface area contributed by atoms with Gasteiger partial charge in [-0.3, -0.25) is 0 Å². The Hall–Kier alpha value is -0.710. The Kier molecular flexibility index (Phi) is 4.92. The molecule has 1 heterocycles. The maximum Gasteiger partial charge on any atom is 0.123 e. The molecule has 0 aliphatic rings. The summed E-state index contributed by atoms with van der Waals surface area (Å²) in [6, 6.07) is 11.2. The third-order valence-corrected chi connectivity index (χ3v) is 4.40. The quantitative estimate of drug-likeness (QED) is 0.849. The van der Waals surface area contributed by atoms with Crippen molar-refractivity contribution < 1.29 is 4.39 Å². The third-order valence-electron chi connectivity index (χ3n) is 2.76. The van der Waals surface area contributed by atoms with Gasteiger partial charge < -0.3 is 5.32 Å². The molecule has 2 rings (SSSR count). The standard InChI is InChI=1S/C14H15BrFNS/c1-2-17-13(9-12-7-8-14(15)18-12)10-3-5-11(16)6-4-10/h3-8,13,17H,2,9H2,1H3. The van der Waals surface area contributed by atoms with E-state index in [1.54, 1.807) is 11.3 Å². The molecule has 4 heteroatoms. The Morgan fingerprint density at radius 1 is 1.22 bits per heavy atom. The van der Waals surface area contributed by atoms with Crippen molar-refractivity contribution in [3.05, 3.63) is 56.4 Å². The number of likely N-dealkylation sites (N-methyl/N-ethyl adjacent to an activating group) is 1. The van der Waals surface area contributed by atoms with Crippen LogP contribution in [0.1, 0.15) is 23.4 Å². The van der Waals surface area contributed by atoms with E-state index < -0.39 is 0 Å². The van der Waals surface area contributed by atoms with E-state index in [1.807, 2.05) is 12.1 Å². The molecule has 1 N–H and O–H groups in total. The third kappa shape index (κ3) is 3.64. The predicted molar refractivity (Wildman–Crippen MR) is 78.5 cm³/mol. The van der Waals surface area contributed by atoms with Crippen molar-refractivity contribution in [2.75, 3.05) is 6.54 Å². The van der Waals surface area contributed by atoms with Crippen molar-refractivity contribution in [3.63, 3.8) is 0 Å². The highest BCUT2D eigenvalue weighted by Crippen LogP contribution is 2.27. The Balaban J connectivity index is 2.14. The number of hydrogen-bond acceptors (Lipinski definition) is 2. The Morgan fingerprint density at radius 2 is 1.94 bits per heavy atom. The van der Waals surface area contributed by atoms with Gasteiger partial charge in [-0.2, -0.15) is 0 Å². The normalized spacial score (nSPS) is 12.6. The van der Waals surface area contributed by atoms with Crippen LogP contribution < -0.4 is 5.32 Å². The zero-order valence-corrected chi connectivity index (χ0v) is 12.5. The first-order valence-corrected chi connectivity index (χ1v) is 7.53. The molecule has 0 saturated heterocycles. The Bertz CT molecular complexity index is 495. The van der Waals surface area contributed by atoms with Crippen molar-refractivity contribution >= 4 is 27.3 Å². The fraction of sp³-hybridized carbons (Fsp3) is 0.286. The highest BCUT2D eigenvalue weighted by Gasteiger charge is 2.12. The molecule has 18 heavy (non-hydrogen) atoms. The molecule has 2 aromatic rings. The van der Waals surface area contributed by atoms with E-state index in [0.717, 1.165) is 22.3 Å². The minimum atomic E-state index is -0.187. The Labute approximate surface area is 119 Å². The predicted octanol–water partition coefficient (Wildman–Crippen LogP) is 4.54. The molecule has 0 spiro atoms. The molecule has 0 amide bonds. The lowest BCUT2D eigenvalue weighted by Gasteiger charge is -2.17. The van der Waals surface area contributed by atoms with Crippen molar-refractivity contribution in [2.24, 2.45) is 0 Å². The fourth-order valence-corrected chi connectivity index (χ4v) is 3.44. The van der Waals surface area contributed by atoms with Gasteiger partial charge in [-0.1, -0.05) is 19.1 Å². The van der Waals surface area contributed by atoms with Crippen LogP contribution >= 0.6 is 27.3 Å². The van der Waals surface area contributed by atoms with E-state index in [4.69, 9.17) is 0 Å². The lowest BCUT2D eigenvalue weighted by atomic mass is 10.0. The van der Waals surface area contributed by atoms with E-state index in [9.17, 15) is 4.39 Å². The van der Waals surface area contributed by atoms with E-state index in [2.05, 4.69) is 40.3 Å². The van der Waals surface area contributed by atoms with Gasteiger partial charge in [0.2, 0.25) is 0 Å². The summed E-state index contributed by atoms with van der Waals surface area (Å²) in [5.41, 5.74) is 1.13. The summed E-state index contributed by atoms with van der Waals surface area (Å²) in [5, 5.41) is 3.45. The summed E-state index contributed by atoms with van der Waals surface area (Å²) in [6.07, 6.45) is 0.926. The van der Waals surface area contributed by atoms with Crippen molar-refractivity contribution in [1.82, 2.24) is 5.32 Å². The number of nitrogens with one attached hydrogen (secondary N) is 1. The van der Waals surface area contributed by atoms with E-state index in [-0.39, 0.29) is 11.9 Å². The van der Waals surface area contributed by atoms with Gasteiger partial charge in [0, 0.05) is 17.3 Å². The van der Waals surface area contributed by atoms with Crippen LogP contribution in [0.25, 0.3) is 0 Å². The molecular weight excluding hydrogens is 313 g/mol. The van der Waals surface area contributed by atoms with Crippen LogP contribution in [0, 0.1) is 5.82 Å². The minimum Gasteiger partial charge on any atom is -0.310 e. The highest BCUT2D eigenvalue weighted by molar-refractivity contribution is 9.11. The van der Waals surface area contributed by atoms with Crippen LogP contribution in [0.4, 0.5) is 4.39 Å². The second kappa shape index (κ2) is 6.45. The molecule has 1 nitrogen and oxygen atoms in total. The first kappa shape index (κ1) is 13.7. The van der Waals surface area contributed by atoms with Gasteiger partial charge in [0.1, 0.15) is 5.82 Å². The average Bonchev–Trinajstić information content (AvgIpc) is 2.75. The van der Waals surface area contributed by atoms with Crippen molar-refractivity contribution in [1.29, 1.82) is 0 Å². The smallest absolute Gasteiger partial charge is 0.123 e. The van der Waals surface area contributed by atoms with E-state index in [0.29, 0.717) is 0 Å². The van der Waals surface area contributed by atoms with E-state index in [1.165, 1.54) is 17.0 Å². The first-order valence-electron chi connectivity index (χ1n) is 5.92. The number of hydrogen-bond donors (Lipinski definition) is 1. The van der Waals surface area contributed by atoms with Gasteiger partial charge >= 0.3 is 0 Å². The molecule has 96 valence electrons. The molecule has 0 fully saturated rings. The number of benzene rings is 1. The largest absolute Gasteiger partial charge is 0.310 e. The van der Waals surface area contributed by atoms with Gasteiger partial charge in [0.25, 0.3) is 0 Å². The summed E-state index contributed by atoms with van der Waals surface area (Å²) in [7, 11) is 0. The zero-order valence-electron chi connectivity index (χ0n) is 10.1. The van der Waals surface area contributed by atoms with Crippen LogP contribution in [0.15, 0.2) is 40.2 Å². The van der Waals surface area contributed by atoms with Gasteiger partial charge in [-0.15, -0.1) is 11.3 Å².